The number of aromatic nitrogens is 1. The minimum Gasteiger partial charge on any atom is -0.490 e. The molecular weight excluding hydrogens is 299 g/mol. The molecule has 0 amide bonds. The Balaban J connectivity index is 2.68. The number of fused-ring (bicyclic) bond motifs is 1. The van der Waals surface area contributed by atoms with E-state index in [9.17, 15) is 18.0 Å². The molecule has 7 heteroatoms. The molecule has 0 bridgehead atoms. The molecule has 118 valence electrons. The Labute approximate surface area is 124 Å². The van der Waals surface area contributed by atoms with E-state index in [-0.39, 0.29) is 23.1 Å². The van der Waals surface area contributed by atoms with E-state index in [2.05, 4.69) is 9.72 Å². The molecule has 0 N–H and O–H groups in total. The first kappa shape index (κ1) is 16.1. The highest BCUT2D eigenvalue weighted by Gasteiger charge is 2.31. The van der Waals surface area contributed by atoms with Crippen LogP contribution in [0.2, 0.25) is 0 Å². The number of hydrogen-bond donors (Lipinski definition) is 0. The highest BCUT2D eigenvalue weighted by atomic mass is 19.4. The van der Waals surface area contributed by atoms with E-state index in [1.807, 2.05) is 0 Å². The molecule has 0 fully saturated rings. The molecule has 2 aromatic rings. The van der Waals surface area contributed by atoms with E-state index in [4.69, 9.17) is 4.74 Å². The number of benzene rings is 1. The van der Waals surface area contributed by atoms with Crippen molar-refractivity contribution in [2.45, 2.75) is 26.1 Å². The first-order chi connectivity index (χ1) is 10.2. The summed E-state index contributed by atoms with van der Waals surface area (Å²) in [5.41, 5.74) is -0.927. The van der Waals surface area contributed by atoms with Gasteiger partial charge in [0.15, 0.2) is 5.69 Å². The van der Waals surface area contributed by atoms with Gasteiger partial charge in [-0.2, -0.15) is 13.2 Å². The van der Waals surface area contributed by atoms with Crippen molar-refractivity contribution in [2.24, 2.45) is 0 Å². The van der Waals surface area contributed by atoms with Crippen LogP contribution in [0.5, 0.6) is 5.75 Å². The average molecular weight is 313 g/mol. The SMILES string of the molecule is COC(=O)c1cc(OC(C)C)c2ccc(C(F)(F)F)cc2n1. The van der Waals surface area contributed by atoms with Crippen molar-refractivity contribution in [3.05, 3.63) is 35.5 Å². The number of esters is 1. The number of pyridine rings is 1. The maximum Gasteiger partial charge on any atom is 0.416 e. The van der Waals surface area contributed by atoms with Gasteiger partial charge in [-0.3, -0.25) is 0 Å². The summed E-state index contributed by atoms with van der Waals surface area (Å²) in [6.45, 7) is 3.54. The van der Waals surface area contributed by atoms with Gasteiger partial charge in [0.05, 0.1) is 24.3 Å². The summed E-state index contributed by atoms with van der Waals surface area (Å²) in [5, 5.41) is 0.398. The van der Waals surface area contributed by atoms with Gasteiger partial charge in [0.25, 0.3) is 0 Å². The zero-order chi connectivity index (χ0) is 16.5. The van der Waals surface area contributed by atoms with Crippen LogP contribution in [0.25, 0.3) is 10.9 Å². The van der Waals surface area contributed by atoms with Crippen molar-refractivity contribution in [1.29, 1.82) is 0 Å². The summed E-state index contributed by atoms with van der Waals surface area (Å²) in [4.78, 5) is 15.5. The summed E-state index contributed by atoms with van der Waals surface area (Å²) in [6, 6.07) is 4.48. The van der Waals surface area contributed by atoms with E-state index < -0.39 is 17.7 Å². The van der Waals surface area contributed by atoms with Crippen molar-refractivity contribution in [1.82, 2.24) is 4.98 Å². The molecule has 0 saturated heterocycles. The first-order valence-corrected chi connectivity index (χ1v) is 6.49. The van der Waals surface area contributed by atoms with Gasteiger partial charge >= 0.3 is 12.1 Å². The van der Waals surface area contributed by atoms with Crippen molar-refractivity contribution in [3.63, 3.8) is 0 Å². The Bertz CT molecular complexity index is 711. The summed E-state index contributed by atoms with van der Waals surface area (Å²) in [5.74, 6) is -0.456. The van der Waals surface area contributed by atoms with E-state index in [1.165, 1.54) is 19.2 Å². The number of methoxy groups -OCH3 is 1. The first-order valence-electron chi connectivity index (χ1n) is 6.49. The number of rotatable bonds is 3. The molecule has 0 unspecified atom stereocenters. The highest BCUT2D eigenvalue weighted by Crippen LogP contribution is 2.34. The second kappa shape index (κ2) is 5.82. The third-order valence-corrected chi connectivity index (χ3v) is 2.86. The number of nitrogens with zero attached hydrogens (tertiary/aromatic N) is 1. The summed E-state index contributed by atoms with van der Waals surface area (Å²) < 4.78 is 48.5. The van der Waals surface area contributed by atoms with Gasteiger partial charge in [-0.1, -0.05) is 0 Å². The molecular formula is C15H14F3NO3. The third kappa shape index (κ3) is 3.29. The van der Waals surface area contributed by atoms with Crippen LogP contribution in [-0.2, 0) is 10.9 Å². The lowest BCUT2D eigenvalue weighted by Gasteiger charge is -2.14. The van der Waals surface area contributed by atoms with Crippen molar-refractivity contribution in [3.8, 4) is 5.75 Å². The van der Waals surface area contributed by atoms with Crippen LogP contribution < -0.4 is 4.74 Å². The van der Waals surface area contributed by atoms with Crippen LogP contribution in [0.3, 0.4) is 0 Å². The Hall–Kier alpha value is -2.31. The Morgan fingerprint density at radius 1 is 1.23 bits per heavy atom. The summed E-state index contributed by atoms with van der Waals surface area (Å²) in [7, 11) is 1.17. The third-order valence-electron chi connectivity index (χ3n) is 2.86. The molecule has 22 heavy (non-hydrogen) atoms. The lowest BCUT2D eigenvalue weighted by Crippen LogP contribution is -2.10. The van der Waals surface area contributed by atoms with Crippen molar-refractivity contribution in [2.75, 3.05) is 7.11 Å². The van der Waals surface area contributed by atoms with Crippen molar-refractivity contribution >= 4 is 16.9 Å². The fourth-order valence-electron chi connectivity index (χ4n) is 1.93. The van der Waals surface area contributed by atoms with Gasteiger partial charge in [0, 0.05) is 11.5 Å². The Morgan fingerprint density at radius 3 is 2.45 bits per heavy atom. The zero-order valence-corrected chi connectivity index (χ0v) is 12.2. The molecule has 1 aromatic carbocycles. The fourth-order valence-corrected chi connectivity index (χ4v) is 1.93. The number of carbonyl (C=O) groups excluding carboxylic acids is 1. The van der Waals surface area contributed by atoms with Crippen LogP contribution in [-0.4, -0.2) is 24.2 Å². The van der Waals surface area contributed by atoms with Crippen LogP contribution >= 0.6 is 0 Å². The molecule has 2 rings (SSSR count). The lowest BCUT2D eigenvalue weighted by atomic mass is 10.1. The molecule has 0 spiro atoms. The van der Waals surface area contributed by atoms with E-state index in [1.54, 1.807) is 13.8 Å². The normalized spacial score (nSPS) is 11.8. The molecule has 0 aliphatic carbocycles. The molecule has 4 nitrogen and oxygen atoms in total. The minimum atomic E-state index is -4.49. The largest absolute Gasteiger partial charge is 0.490 e. The van der Waals surface area contributed by atoms with E-state index in [0.29, 0.717) is 5.39 Å². The predicted molar refractivity (Wildman–Crippen MR) is 73.8 cm³/mol. The lowest BCUT2D eigenvalue weighted by molar-refractivity contribution is -0.137. The van der Waals surface area contributed by atoms with Gasteiger partial charge in [0.2, 0.25) is 0 Å². The average Bonchev–Trinajstić information content (AvgIpc) is 2.44. The predicted octanol–water partition coefficient (Wildman–Crippen LogP) is 3.83. The van der Waals surface area contributed by atoms with Gasteiger partial charge in [-0.05, 0) is 32.0 Å². The molecule has 1 heterocycles. The summed E-state index contributed by atoms with van der Waals surface area (Å²) in [6.07, 6.45) is -4.70. The van der Waals surface area contributed by atoms with Crippen LogP contribution in [0, 0.1) is 0 Å². The molecule has 0 atom stereocenters. The van der Waals surface area contributed by atoms with Gasteiger partial charge < -0.3 is 9.47 Å². The molecule has 0 aliphatic heterocycles. The second-order valence-corrected chi connectivity index (χ2v) is 4.89. The fraction of sp³-hybridized carbons (Fsp3) is 0.333. The number of halogens is 3. The van der Waals surface area contributed by atoms with Crippen LogP contribution in [0.1, 0.15) is 29.9 Å². The topological polar surface area (TPSA) is 48.4 Å². The molecule has 0 aliphatic rings. The van der Waals surface area contributed by atoms with Crippen LogP contribution in [0.15, 0.2) is 24.3 Å². The number of hydrogen-bond acceptors (Lipinski definition) is 4. The standard InChI is InChI=1S/C15H14F3NO3/c1-8(2)22-13-7-12(14(20)21-3)19-11-6-9(15(16,17)18)4-5-10(11)13/h4-8H,1-3H3. The van der Waals surface area contributed by atoms with E-state index in [0.717, 1.165) is 12.1 Å². The second-order valence-electron chi connectivity index (χ2n) is 4.89. The van der Waals surface area contributed by atoms with Crippen molar-refractivity contribution < 1.29 is 27.4 Å². The molecule has 1 aromatic heterocycles. The van der Waals surface area contributed by atoms with Gasteiger partial charge in [0.1, 0.15) is 5.75 Å². The highest BCUT2D eigenvalue weighted by molar-refractivity contribution is 5.94. The van der Waals surface area contributed by atoms with Crippen LogP contribution in [0.4, 0.5) is 13.2 Å². The quantitative estimate of drug-likeness (QED) is 0.808. The number of alkyl halides is 3. The number of ether oxygens (including phenoxy) is 2. The minimum absolute atomic E-state index is 0.0216. The van der Waals surface area contributed by atoms with E-state index >= 15 is 0 Å². The van der Waals surface area contributed by atoms with Gasteiger partial charge in [-0.15, -0.1) is 0 Å². The summed E-state index contributed by atoms with van der Waals surface area (Å²) >= 11 is 0. The maximum absolute atomic E-state index is 12.8. The Kier molecular flexibility index (Phi) is 4.25. The monoisotopic (exact) mass is 313 g/mol. The molecule has 0 saturated carbocycles. The Morgan fingerprint density at radius 2 is 1.91 bits per heavy atom. The number of carbonyl (C=O) groups is 1. The molecule has 0 radical (unpaired) electrons. The smallest absolute Gasteiger partial charge is 0.416 e. The zero-order valence-electron chi connectivity index (χ0n) is 12.2. The van der Waals surface area contributed by atoms with Gasteiger partial charge in [-0.25, -0.2) is 9.78 Å². The maximum atomic E-state index is 12.8.